The standard InChI is InChI=1S/C5H11NO2/c7-3-1-5-2-4-8-6-5/h5-7H,1-4H2. The third-order valence-electron chi connectivity index (χ3n) is 1.30. The molecule has 0 aliphatic carbocycles. The molecule has 3 heteroatoms. The number of nitrogens with one attached hydrogen (secondary N) is 1. The normalized spacial score (nSPS) is 28.9. The highest BCUT2D eigenvalue weighted by Gasteiger charge is 2.12. The zero-order valence-electron chi connectivity index (χ0n) is 4.76. The molecule has 1 fully saturated rings. The van der Waals surface area contributed by atoms with Crippen molar-refractivity contribution < 1.29 is 9.94 Å². The van der Waals surface area contributed by atoms with Gasteiger partial charge in [-0.1, -0.05) is 0 Å². The number of hydrogen-bond acceptors (Lipinski definition) is 3. The van der Waals surface area contributed by atoms with Crippen LogP contribution in [0, 0.1) is 0 Å². The maximum Gasteiger partial charge on any atom is 0.0698 e. The van der Waals surface area contributed by atoms with Crippen LogP contribution in [0.4, 0.5) is 0 Å². The van der Waals surface area contributed by atoms with Gasteiger partial charge in [0.1, 0.15) is 0 Å². The quantitative estimate of drug-likeness (QED) is 0.520. The van der Waals surface area contributed by atoms with E-state index in [9.17, 15) is 0 Å². The van der Waals surface area contributed by atoms with Crippen LogP contribution >= 0.6 is 0 Å². The molecule has 1 saturated heterocycles. The Labute approximate surface area is 48.6 Å². The summed E-state index contributed by atoms with van der Waals surface area (Å²) in [5.41, 5.74) is 2.80. The Bertz CT molecular complexity index is 61.4. The van der Waals surface area contributed by atoms with Crippen molar-refractivity contribution >= 4 is 0 Å². The van der Waals surface area contributed by atoms with Gasteiger partial charge in [-0.3, -0.25) is 0 Å². The van der Waals surface area contributed by atoms with Gasteiger partial charge in [0.25, 0.3) is 0 Å². The molecule has 8 heavy (non-hydrogen) atoms. The molecular formula is C5H11NO2. The van der Waals surface area contributed by atoms with Crippen LogP contribution in [-0.2, 0) is 4.84 Å². The summed E-state index contributed by atoms with van der Waals surface area (Å²) >= 11 is 0. The topological polar surface area (TPSA) is 41.5 Å². The molecular weight excluding hydrogens is 106 g/mol. The van der Waals surface area contributed by atoms with E-state index in [1.807, 2.05) is 0 Å². The highest BCUT2D eigenvalue weighted by molar-refractivity contribution is 4.64. The molecule has 0 aromatic heterocycles. The summed E-state index contributed by atoms with van der Waals surface area (Å²) in [6.45, 7) is 1.03. The van der Waals surface area contributed by atoms with E-state index in [2.05, 4.69) is 5.48 Å². The fourth-order valence-corrected chi connectivity index (χ4v) is 0.796. The Morgan fingerprint density at radius 2 is 2.62 bits per heavy atom. The molecule has 1 aliphatic heterocycles. The zero-order chi connectivity index (χ0) is 5.82. The summed E-state index contributed by atoms with van der Waals surface area (Å²) in [7, 11) is 0. The van der Waals surface area contributed by atoms with Gasteiger partial charge in [-0.2, -0.15) is 5.48 Å². The van der Waals surface area contributed by atoms with E-state index in [-0.39, 0.29) is 6.61 Å². The average molecular weight is 117 g/mol. The summed E-state index contributed by atoms with van der Waals surface area (Å²) in [4.78, 5) is 4.85. The summed E-state index contributed by atoms with van der Waals surface area (Å²) in [6, 6.07) is 0.389. The lowest BCUT2D eigenvalue weighted by Crippen LogP contribution is -2.20. The lowest BCUT2D eigenvalue weighted by Gasteiger charge is -2.02. The maximum atomic E-state index is 8.43. The van der Waals surface area contributed by atoms with Crippen LogP contribution in [0.3, 0.4) is 0 Å². The van der Waals surface area contributed by atoms with Crippen molar-refractivity contribution in [1.29, 1.82) is 0 Å². The first kappa shape index (κ1) is 6.01. The molecule has 1 atom stereocenters. The fourth-order valence-electron chi connectivity index (χ4n) is 0.796. The van der Waals surface area contributed by atoms with Crippen molar-refractivity contribution in [2.45, 2.75) is 18.9 Å². The predicted octanol–water partition coefficient (Wildman–Crippen LogP) is -0.338. The number of hydrogen-bond donors (Lipinski definition) is 2. The summed E-state index contributed by atoms with van der Waals surface area (Å²) in [5, 5.41) is 8.43. The Morgan fingerprint density at radius 1 is 1.75 bits per heavy atom. The minimum atomic E-state index is 0.251. The molecule has 0 aromatic carbocycles. The van der Waals surface area contributed by atoms with Crippen molar-refractivity contribution in [1.82, 2.24) is 5.48 Å². The summed E-state index contributed by atoms with van der Waals surface area (Å²) in [5.74, 6) is 0. The highest BCUT2D eigenvalue weighted by atomic mass is 16.7. The number of rotatable bonds is 2. The molecule has 0 radical (unpaired) electrons. The van der Waals surface area contributed by atoms with E-state index in [1.54, 1.807) is 0 Å². The summed E-state index contributed by atoms with van der Waals surface area (Å²) in [6.07, 6.45) is 1.83. The van der Waals surface area contributed by atoms with Crippen LogP contribution in [0.2, 0.25) is 0 Å². The SMILES string of the molecule is OCCC1CCON1. The van der Waals surface area contributed by atoms with E-state index in [0.29, 0.717) is 6.04 Å². The van der Waals surface area contributed by atoms with Crippen LogP contribution in [0.15, 0.2) is 0 Å². The smallest absolute Gasteiger partial charge is 0.0698 e. The van der Waals surface area contributed by atoms with Gasteiger partial charge in [0, 0.05) is 12.6 Å². The molecule has 0 bridgehead atoms. The van der Waals surface area contributed by atoms with Gasteiger partial charge < -0.3 is 9.94 Å². The fraction of sp³-hybridized carbons (Fsp3) is 1.00. The van der Waals surface area contributed by atoms with Gasteiger partial charge in [-0.15, -0.1) is 0 Å². The molecule has 0 saturated carbocycles. The highest BCUT2D eigenvalue weighted by Crippen LogP contribution is 2.03. The molecule has 48 valence electrons. The first-order valence-corrected chi connectivity index (χ1v) is 2.91. The second-order valence-electron chi connectivity index (χ2n) is 1.96. The monoisotopic (exact) mass is 117 g/mol. The summed E-state index contributed by atoms with van der Waals surface area (Å²) < 4.78 is 0. The van der Waals surface area contributed by atoms with Gasteiger partial charge in [0.05, 0.1) is 6.61 Å². The molecule has 3 nitrogen and oxygen atoms in total. The maximum absolute atomic E-state index is 8.43. The third kappa shape index (κ3) is 1.43. The Kier molecular flexibility index (Phi) is 2.27. The van der Waals surface area contributed by atoms with Gasteiger partial charge in [0.2, 0.25) is 0 Å². The van der Waals surface area contributed by atoms with E-state index < -0.39 is 0 Å². The second-order valence-corrected chi connectivity index (χ2v) is 1.96. The number of aliphatic hydroxyl groups is 1. The van der Waals surface area contributed by atoms with Crippen LogP contribution < -0.4 is 5.48 Å². The van der Waals surface area contributed by atoms with Crippen molar-refractivity contribution in [3.63, 3.8) is 0 Å². The minimum absolute atomic E-state index is 0.251. The molecule has 1 rings (SSSR count). The lowest BCUT2D eigenvalue weighted by atomic mass is 10.2. The second kappa shape index (κ2) is 3.02. The molecule has 0 spiro atoms. The van der Waals surface area contributed by atoms with Crippen molar-refractivity contribution in [3.8, 4) is 0 Å². The van der Waals surface area contributed by atoms with E-state index in [0.717, 1.165) is 19.4 Å². The van der Waals surface area contributed by atoms with E-state index >= 15 is 0 Å². The molecule has 0 amide bonds. The van der Waals surface area contributed by atoms with Crippen LogP contribution in [0.1, 0.15) is 12.8 Å². The van der Waals surface area contributed by atoms with Crippen molar-refractivity contribution in [2.75, 3.05) is 13.2 Å². The van der Waals surface area contributed by atoms with Crippen molar-refractivity contribution in [3.05, 3.63) is 0 Å². The molecule has 0 aromatic rings. The van der Waals surface area contributed by atoms with Gasteiger partial charge >= 0.3 is 0 Å². The van der Waals surface area contributed by atoms with E-state index in [1.165, 1.54) is 0 Å². The largest absolute Gasteiger partial charge is 0.396 e. The van der Waals surface area contributed by atoms with Crippen LogP contribution in [0.25, 0.3) is 0 Å². The number of hydroxylamine groups is 1. The lowest BCUT2D eigenvalue weighted by molar-refractivity contribution is 0.0833. The number of aliphatic hydroxyl groups excluding tert-OH is 1. The van der Waals surface area contributed by atoms with Gasteiger partial charge in [0.15, 0.2) is 0 Å². The first-order chi connectivity index (χ1) is 3.93. The van der Waals surface area contributed by atoms with E-state index in [4.69, 9.17) is 9.94 Å². The van der Waals surface area contributed by atoms with Crippen LogP contribution in [0.5, 0.6) is 0 Å². The zero-order valence-corrected chi connectivity index (χ0v) is 4.76. The van der Waals surface area contributed by atoms with Gasteiger partial charge in [-0.25, -0.2) is 0 Å². The Balaban J connectivity index is 2.06. The average Bonchev–Trinajstić information content (AvgIpc) is 2.19. The molecule has 1 unspecified atom stereocenters. The van der Waals surface area contributed by atoms with Gasteiger partial charge in [-0.05, 0) is 12.8 Å². The molecule has 1 aliphatic rings. The Morgan fingerprint density at radius 3 is 3.12 bits per heavy atom. The predicted molar refractivity (Wildman–Crippen MR) is 29.2 cm³/mol. The molecule has 2 N–H and O–H groups in total. The molecule has 1 heterocycles. The third-order valence-corrected chi connectivity index (χ3v) is 1.30. The van der Waals surface area contributed by atoms with Crippen LogP contribution in [-0.4, -0.2) is 24.4 Å². The van der Waals surface area contributed by atoms with Crippen molar-refractivity contribution in [2.24, 2.45) is 0 Å². The minimum Gasteiger partial charge on any atom is -0.396 e. The first-order valence-electron chi connectivity index (χ1n) is 2.91. The Hall–Kier alpha value is -0.120.